The highest BCUT2D eigenvalue weighted by Crippen LogP contribution is 2.32. The van der Waals surface area contributed by atoms with Gasteiger partial charge >= 0.3 is 0 Å². The highest BCUT2D eigenvalue weighted by Gasteiger charge is 2.14. The molecule has 0 fully saturated rings. The van der Waals surface area contributed by atoms with Gasteiger partial charge in [0, 0.05) is 10.9 Å². The first-order chi connectivity index (χ1) is 7.70. The van der Waals surface area contributed by atoms with E-state index in [0.717, 1.165) is 17.9 Å². The average Bonchev–Trinajstić information content (AvgIpc) is 2.34. The van der Waals surface area contributed by atoms with Gasteiger partial charge in [0.1, 0.15) is 0 Å². The second-order valence-electron chi connectivity index (χ2n) is 3.49. The summed E-state index contributed by atoms with van der Waals surface area (Å²) in [6, 6.07) is 8.04. The van der Waals surface area contributed by atoms with Crippen LogP contribution in [0.15, 0.2) is 36.4 Å². The molecule has 0 spiro atoms. The van der Waals surface area contributed by atoms with Crippen molar-refractivity contribution in [1.29, 1.82) is 0 Å². The maximum Gasteiger partial charge on any atom is 0.0444 e. The standard InChI is InChI=1S/C13H17Cl.C2H6/c1-4-10(3)11(5-2)12-8-6-7-9-13(12)14;1-2/h6-9,11H,3-5H2,1-2H3;1-2H3/t11-;/m1./s1. The van der Waals surface area contributed by atoms with Crippen molar-refractivity contribution in [1.82, 2.24) is 0 Å². The molecule has 0 N–H and O–H groups in total. The Morgan fingerprint density at radius 1 is 1.25 bits per heavy atom. The molecule has 1 rings (SSSR count). The Morgan fingerprint density at radius 2 is 1.81 bits per heavy atom. The average molecular weight is 239 g/mol. The second kappa shape index (κ2) is 8.41. The summed E-state index contributed by atoms with van der Waals surface area (Å²) in [5, 5.41) is 0.856. The predicted molar refractivity (Wildman–Crippen MR) is 75.3 cm³/mol. The fourth-order valence-electron chi connectivity index (χ4n) is 1.73. The van der Waals surface area contributed by atoms with Crippen molar-refractivity contribution in [3.63, 3.8) is 0 Å². The van der Waals surface area contributed by atoms with Crippen LogP contribution in [-0.2, 0) is 0 Å². The number of halogens is 1. The van der Waals surface area contributed by atoms with Crippen molar-refractivity contribution in [3.8, 4) is 0 Å². The molecule has 0 heterocycles. The number of hydrogen-bond acceptors (Lipinski definition) is 0. The number of benzene rings is 1. The fourth-order valence-corrected chi connectivity index (χ4v) is 2.00. The van der Waals surface area contributed by atoms with Crippen LogP contribution in [0.2, 0.25) is 5.02 Å². The minimum Gasteiger partial charge on any atom is -0.0993 e. The van der Waals surface area contributed by atoms with Crippen molar-refractivity contribution >= 4 is 11.6 Å². The van der Waals surface area contributed by atoms with Crippen LogP contribution in [0.5, 0.6) is 0 Å². The summed E-state index contributed by atoms with van der Waals surface area (Å²) in [6.45, 7) is 12.4. The van der Waals surface area contributed by atoms with E-state index in [9.17, 15) is 0 Å². The van der Waals surface area contributed by atoms with Crippen LogP contribution >= 0.6 is 11.6 Å². The van der Waals surface area contributed by atoms with E-state index in [0.29, 0.717) is 5.92 Å². The zero-order valence-corrected chi connectivity index (χ0v) is 11.6. The fraction of sp³-hybridized carbons (Fsp3) is 0.467. The highest BCUT2D eigenvalue weighted by molar-refractivity contribution is 6.31. The van der Waals surface area contributed by atoms with E-state index in [4.69, 9.17) is 11.6 Å². The third-order valence-corrected chi connectivity index (χ3v) is 2.98. The Bertz CT molecular complexity index is 315. The third-order valence-electron chi connectivity index (χ3n) is 2.64. The first kappa shape index (κ1) is 15.2. The Labute approximate surface area is 105 Å². The molecule has 0 unspecified atom stereocenters. The van der Waals surface area contributed by atoms with Crippen LogP contribution in [-0.4, -0.2) is 0 Å². The van der Waals surface area contributed by atoms with E-state index in [-0.39, 0.29) is 0 Å². The number of allylic oxidation sites excluding steroid dienone is 1. The zero-order chi connectivity index (χ0) is 12.6. The molecule has 1 aromatic carbocycles. The lowest BCUT2D eigenvalue weighted by Gasteiger charge is -2.18. The van der Waals surface area contributed by atoms with Gasteiger partial charge in [0.05, 0.1) is 0 Å². The summed E-state index contributed by atoms with van der Waals surface area (Å²) in [6.07, 6.45) is 2.08. The van der Waals surface area contributed by atoms with Crippen LogP contribution in [0.1, 0.15) is 52.0 Å². The minimum absolute atomic E-state index is 0.411. The summed E-state index contributed by atoms with van der Waals surface area (Å²) in [4.78, 5) is 0. The molecule has 1 atom stereocenters. The van der Waals surface area contributed by atoms with Gasteiger partial charge in [-0.2, -0.15) is 0 Å². The molecule has 0 aliphatic carbocycles. The lowest BCUT2D eigenvalue weighted by Crippen LogP contribution is -2.00. The summed E-state index contributed by atoms with van der Waals surface area (Å²) in [7, 11) is 0. The molecule has 1 heteroatoms. The van der Waals surface area contributed by atoms with E-state index in [1.54, 1.807) is 0 Å². The predicted octanol–water partition coefficient (Wildman–Crippen LogP) is 5.83. The van der Waals surface area contributed by atoms with Gasteiger partial charge < -0.3 is 0 Å². The lowest BCUT2D eigenvalue weighted by molar-refractivity contribution is 0.734. The molecule has 0 aliphatic heterocycles. The third kappa shape index (κ3) is 4.02. The van der Waals surface area contributed by atoms with Crippen molar-refractivity contribution in [2.45, 2.75) is 46.5 Å². The molecular weight excluding hydrogens is 216 g/mol. The van der Waals surface area contributed by atoms with Crippen molar-refractivity contribution in [2.24, 2.45) is 0 Å². The molecule has 0 aliphatic rings. The topological polar surface area (TPSA) is 0 Å². The quantitative estimate of drug-likeness (QED) is 0.580. The Morgan fingerprint density at radius 3 is 2.25 bits per heavy atom. The Balaban J connectivity index is 0.00000106. The molecule has 1 aromatic rings. The van der Waals surface area contributed by atoms with Crippen LogP contribution in [0.25, 0.3) is 0 Å². The van der Waals surface area contributed by atoms with Gasteiger partial charge in [0.15, 0.2) is 0 Å². The van der Waals surface area contributed by atoms with Crippen molar-refractivity contribution in [2.75, 3.05) is 0 Å². The zero-order valence-electron chi connectivity index (χ0n) is 10.9. The molecule has 16 heavy (non-hydrogen) atoms. The van der Waals surface area contributed by atoms with Gasteiger partial charge in [-0.05, 0) is 24.5 Å². The molecule has 0 nitrogen and oxygen atoms in total. The van der Waals surface area contributed by atoms with Crippen LogP contribution in [0.3, 0.4) is 0 Å². The van der Waals surface area contributed by atoms with Crippen molar-refractivity contribution in [3.05, 3.63) is 47.0 Å². The summed E-state index contributed by atoms with van der Waals surface area (Å²) >= 11 is 6.16. The van der Waals surface area contributed by atoms with E-state index < -0.39 is 0 Å². The van der Waals surface area contributed by atoms with E-state index in [1.165, 1.54) is 11.1 Å². The van der Waals surface area contributed by atoms with E-state index in [2.05, 4.69) is 26.5 Å². The molecule has 0 aromatic heterocycles. The van der Waals surface area contributed by atoms with Gasteiger partial charge in [-0.25, -0.2) is 0 Å². The molecular formula is C15H23Cl. The van der Waals surface area contributed by atoms with Gasteiger partial charge in [-0.15, -0.1) is 0 Å². The number of rotatable bonds is 4. The van der Waals surface area contributed by atoms with Gasteiger partial charge in [-0.3, -0.25) is 0 Å². The normalized spacial score (nSPS) is 11.3. The molecule has 0 saturated carbocycles. The molecule has 0 amide bonds. The Hall–Kier alpha value is -0.750. The summed E-state index contributed by atoms with van der Waals surface area (Å²) < 4.78 is 0. The maximum absolute atomic E-state index is 6.16. The van der Waals surface area contributed by atoms with Gasteiger partial charge in [0.25, 0.3) is 0 Å². The monoisotopic (exact) mass is 238 g/mol. The van der Waals surface area contributed by atoms with Crippen LogP contribution in [0.4, 0.5) is 0 Å². The largest absolute Gasteiger partial charge is 0.0993 e. The Kier molecular flexibility index (Phi) is 8.01. The first-order valence-corrected chi connectivity index (χ1v) is 6.50. The molecule has 0 saturated heterocycles. The lowest BCUT2D eigenvalue weighted by atomic mass is 9.88. The maximum atomic E-state index is 6.16. The smallest absolute Gasteiger partial charge is 0.0444 e. The van der Waals surface area contributed by atoms with Crippen LogP contribution in [0, 0.1) is 0 Å². The van der Waals surface area contributed by atoms with E-state index in [1.807, 2.05) is 32.0 Å². The summed E-state index contributed by atoms with van der Waals surface area (Å²) in [5.41, 5.74) is 2.48. The van der Waals surface area contributed by atoms with Crippen molar-refractivity contribution < 1.29 is 0 Å². The van der Waals surface area contributed by atoms with E-state index >= 15 is 0 Å². The molecule has 0 radical (unpaired) electrons. The van der Waals surface area contributed by atoms with Gasteiger partial charge in [-0.1, -0.05) is 69.6 Å². The summed E-state index contributed by atoms with van der Waals surface area (Å²) in [5.74, 6) is 0.411. The van der Waals surface area contributed by atoms with Crippen LogP contribution < -0.4 is 0 Å². The number of hydrogen-bond donors (Lipinski definition) is 0. The molecule has 90 valence electrons. The SMILES string of the molecule is C=C(CC)[C@@H](CC)c1ccccc1Cl.CC. The minimum atomic E-state index is 0.411. The second-order valence-corrected chi connectivity index (χ2v) is 3.90. The van der Waals surface area contributed by atoms with Gasteiger partial charge in [0.2, 0.25) is 0 Å². The first-order valence-electron chi connectivity index (χ1n) is 6.12. The molecule has 0 bridgehead atoms. The highest BCUT2D eigenvalue weighted by atomic mass is 35.5.